The predicted octanol–water partition coefficient (Wildman–Crippen LogP) is 1.33. The Hall–Kier alpha value is -0.560. The molecule has 0 amide bonds. The van der Waals surface area contributed by atoms with Crippen LogP contribution in [-0.4, -0.2) is 23.0 Å². The standard InChI is InChI=1S/C9H11N/c1-2-8-5-6-9-4-3-7(1)10(8)9/h1-4,7-9H,5-6H2/t7?,8-,9+. The zero-order valence-electron chi connectivity index (χ0n) is 5.90. The zero-order chi connectivity index (χ0) is 6.55. The Morgan fingerprint density at radius 3 is 2.10 bits per heavy atom. The third-order valence-corrected chi connectivity index (χ3v) is 2.93. The molecule has 1 unspecified atom stereocenters. The summed E-state index contributed by atoms with van der Waals surface area (Å²) in [6, 6.07) is 2.23. The molecule has 1 fully saturated rings. The highest BCUT2D eigenvalue weighted by Gasteiger charge is 2.40. The summed E-state index contributed by atoms with van der Waals surface area (Å²) in [5.41, 5.74) is 0. The predicted molar refractivity (Wildman–Crippen MR) is 40.7 cm³/mol. The van der Waals surface area contributed by atoms with Gasteiger partial charge in [-0.15, -0.1) is 0 Å². The van der Waals surface area contributed by atoms with Crippen LogP contribution in [0.4, 0.5) is 0 Å². The summed E-state index contributed by atoms with van der Waals surface area (Å²) in [7, 11) is 0. The first-order valence-electron chi connectivity index (χ1n) is 4.09. The van der Waals surface area contributed by atoms with E-state index in [0.29, 0.717) is 6.04 Å². The van der Waals surface area contributed by atoms with Gasteiger partial charge in [0.1, 0.15) is 0 Å². The van der Waals surface area contributed by atoms with Gasteiger partial charge in [0.25, 0.3) is 0 Å². The molecule has 1 heteroatoms. The molecule has 1 saturated heterocycles. The van der Waals surface area contributed by atoms with Gasteiger partial charge < -0.3 is 0 Å². The van der Waals surface area contributed by atoms with Crippen LogP contribution < -0.4 is 0 Å². The fourth-order valence-corrected chi connectivity index (χ4v) is 2.47. The van der Waals surface area contributed by atoms with Crippen molar-refractivity contribution in [3.63, 3.8) is 0 Å². The molecule has 0 N–H and O–H groups in total. The van der Waals surface area contributed by atoms with Crippen molar-refractivity contribution in [1.82, 2.24) is 4.90 Å². The Morgan fingerprint density at radius 2 is 1.50 bits per heavy atom. The van der Waals surface area contributed by atoms with Gasteiger partial charge in [-0.25, -0.2) is 0 Å². The summed E-state index contributed by atoms with van der Waals surface area (Å²) >= 11 is 0. The Kier molecular flexibility index (Phi) is 0.789. The molecule has 0 aromatic carbocycles. The summed E-state index contributed by atoms with van der Waals surface area (Å²) in [4.78, 5) is 2.61. The van der Waals surface area contributed by atoms with Crippen LogP contribution in [0.2, 0.25) is 0 Å². The molecule has 3 atom stereocenters. The van der Waals surface area contributed by atoms with Crippen LogP contribution in [0, 0.1) is 0 Å². The molecule has 3 heterocycles. The highest BCUT2D eigenvalue weighted by Crippen LogP contribution is 2.36. The lowest BCUT2D eigenvalue weighted by atomic mass is 10.2. The van der Waals surface area contributed by atoms with Crippen molar-refractivity contribution in [2.24, 2.45) is 0 Å². The molecule has 0 saturated carbocycles. The average Bonchev–Trinajstić information content (AvgIpc) is 2.56. The van der Waals surface area contributed by atoms with E-state index >= 15 is 0 Å². The summed E-state index contributed by atoms with van der Waals surface area (Å²) in [6.45, 7) is 0. The minimum atomic E-state index is 0.664. The van der Waals surface area contributed by atoms with E-state index in [-0.39, 0.29) is 0 Å². The number of hydrogen-bond donors (Lipinski definition) is 0. The van der Waals surface area contributed by atoms with Gasteiger partial charge in [-0.3, -0.25) is 4.90 Å². The van der Waals surface area contributed by atoms with E-state index in [1.165, 1.54) is 12.8 Å². The lowest BCUT2D eigenvalue weighted by Crippen LogP contribution is -2.32. The van der Waals surface area contributed by atoms with Crippen molar-refractivity contribution in [3.05, 3.63) is 24.3 Å². The lowest BCUT2D eigenvalue weighted by Gasteiger charge is -2.20. The van der Waals surface area contributed by atoms with Gasteiger partial charge in [-0.1, -0.05) is 24.3 Å². The Balaban J connectivity index is 2.07. The van der Waals surface area contributed by atoms with E-state index in [4.69, 9.17) is 0 Å². The van der Waals surface area contributed by atoms with Crippen LogP contribution in [0.25, 0.3) is 0 Å². The largest absolute Gasteiger partial charge is 0.281 e. The van der Waals surface area contributed by atoms with E-state index < -0.39 is 0 Å². The normalized spacial score (nSPS) is 49.0. The Bertz CT molecular complexity index is 195. The SMILES string of the molecule is C1=C[C@@H]2CC[C@@H]3C=CC1N23. The van der Waals surface area contributed by atoms with Crippen LogP contribution in [0.5, 0.6) is 0 Å². The number of nitrogens with zero attached hydrogens (tertiary/aromatic N) is 1. The van der Waals surface area contributed by atoms with Gasteiger partial charge >= 0.3 is 0 Å². The van der Waals surface area contributed by atoms with Crippen LogP contribution in [0.3, 0.4) is 0 Å². The van der Waals surface area contributed by atoms with Crippen LogP contribution in [-0.2, 0) is 0 Å². The molecular formula is C9H11N. The lowest BCUT2D eigenvalue weighted by molar-refractivity contribution is 0.273. The van der Waals surface area contributed by atoms with Gasteiger partial charge in [0.2, 0.25) is 0 Å². The van der Waals surface area contributed by atoms with Gasteiger partial charge in [0.15, 0.2) is 0 Å². The molecule has 0 aliphatic carbocycles. The molecule has 3 aliphatic rings. The fourth-order valence-electron chi connectivity index (χ4n) is 2.47. The van der Waals surface area contributed by atoms with Crippen molar-refractivity contribution in [3.8, 4) is 0 Å². The maximum atomic E-state index is 2.61. The molecule has 0 radical (unpaired) electrons. The second kappa shape index (κ2) is 1.54. The van der Waals surface area contributed by atoms with E-state index in [1.54, 1.807) is 0 Å². The molecule has 10 heavy (non-hydrogen) atoms. The molecular weight excluding hydrogens is 122 g/mol. The summed E-state index contributed by atoms with van der Waals surface area (Å²) < 4.78 is 0. The first kappa shape index (κ1) is 5.14. The van der Waals surface area contributed by atoms with Gasteiger partial charge in [-0.2, -0.15) is 0 Å². The van der Waals surface area contributed by atoms with Gasteiger partial charge in [0, 0.05) is 18.1 Å². The highest BCUT2D eigenvalue weighted by molar-refractivity contribution is 5.28. The zero-order valence-corrected chi connectivity index (χ0v) is 5.90. The summed E-state index contributed by atoms with van der Waals surface area (Å²) in [6.07, 6.45) is 12.2. The maximum absolute atomic E-state index is 2.61. The first-order chi connectivity index (χ1) is 4.95. The molecule has 3 rings (SSSR count). The second-order valence-corrected chi connectivity index (χ2v) is 3.42. The highest BCUT2D eigenvalue weighted by atomic mass is 15.3. The van der Waals surface area contributed by atoms with Gasteiger partial charge in [0.05, 0.1) is 0 Å². The van der Waals surface area contributed by atoms with Crippen LogP contribution in [0.1, 0.15) is 12.8 Å². The number of hydrogen-bond acceptors (Lipinski definition) is 1. The first-order valence-corrected chi connectivity index (χ1v) is 4.09. The molecule has 0 aromatic heterocycles. The van der Waals surface area contributed by atoms with E-state index in [1.807, 2.05) is 0 Å². The fraction of sp³-hybridized carbons (Fsp3) is 0.556. The molecule has 0 bridgehead atoms. The third kappa shape index (κ3) is 0.441. The molecule has 52 valence electrons. The average molecular weight is 133 g/mol. The van der Waals surface area contributed by atoms with Crippen molar-refractivity contribution in [2.75, 3.05) is 0 Å². The van der Waals surface area contributed by atoms with E-state index in [9.17, 15) is 0 Å². The Labute approximate surface area is 61.0 Å². The molecule has 0 aromatic rings. The van der Waals surface area contributed by atoms with Crippen LogP contribution >= 0.6 is 0 Å². The summed E-state index contributed by atoms with van der Waals surface area (Å²) in [5, 5.41) is 0. The van der Waals surface area contributed by atoms with E-state index in [2.05, 4.69) is 29.2 Å². The minimum Gasteiger partial charge on any atom is -0.281 e. The van der Waals surface area contributed by atoms with Crippen molar-refractivity contribution >= 4 is 0 Å². The minimum absolute atomic E-state index is 0.664. The van der Waals surface area contributed by atoms with Crippen molar-refractivity contribution in [2.45, 2.75) is 31.0 Å². The van der Waals surface area contributed by atoms with Crippen molar-refractivity contribution in [1.29, 1.82) is 0 Å². The molecule has 1 nitrogen and oxygen atoms in total. The van der Waals surface area contributed by atoms with Crippen LogP contribution in [0.15, 0.2) is 24.3 Å². The quantitative estimate of drug-likeness (QED) is 0.450. The maximum Gasteiger partial charge on any atom is 0.0474 e. The summed E-state index contributed by atoms with van der Waals surface area (Å²) in [5.74, 6) is 0. The van der Waals surface area contributed by atoms with Gasteiger partial charge in [-0.05, 0) is 12.8 Å². The smallest absolute Gasteiger partial charge is 0.0474 e. The number of rotatable bonds is 0. The monoisotopic (exact) mass is 133 g/mol. The van der Waals surface area contributed by atoms with Crippen molar-refractivity contribution < 1.29 is 0 Å². The van der Waals surface area contributed by atoms with E-state index in [0.717, 1.165) is 12.1 Å². The molecule has 0 spiro atoms. The topological polar surface area (TPSA) is 3.24 Å². The molecule has 3 aliphatic heterocycles. The third-order valence-electron chi connectivity index (χ3n) is 2.93. The Morgan fingerprint density at radius 1 is 0.900 bits per heavy atom. The second-order valence-electron chi connectivity index (χ2n) is 3.42.